The maximum absolute atomic E-state index is 13.2. The van der Waals surface area contributed by atoms with Crippen LogP contribution in [0.1, 0.15) is 11.1 Å². The van der Waals surface area contributed by atoms with E-state index in [1.165, 1.54) is 12.1 Å². The zero-order chi connectivity index (χ0) is 16.7. The topological polar surface area (TPSA) is 41.1 Å². The lowest BCUT2D eigenvalue weighted by Crippen LogP contribution is -2.39. The first-order valence-electron chi connectivity index (χ1n) is 7.11. The van der Waals surface area contributed by atoms with Crippen LogP contribution in [0.25, 0.3) is 6.08 Å². The number of fused-ring (bicyclic) bond motifs is 1. The molecule has 23 heavy (non-hydrogen) atoms. The second kappa shape index (κ2) is 7.81. The van der Waals surface area contributed by atoms with Gasteiger partial charge in [-0.1, -0.05) is 48.6 Å². The van der Waals surface area contributed by atoms with Gasteiger partial charge < -0.3 is 10.6 Å². The zero-order valence-electron chi connectivity index (χ0n) is 12.5. The van der Waals surface area contributed by atoms with Crippen molar-refractivity contribution in [3.8, 4) is 12.8 Å². The molecular weight excluding hydrogens is 291 g/mol. The molecule has 1 unspecified atom stereocenters. The summed E-state index contributed by atoms with van der Waals surface area (Å²) in [5.74, 6) is -0.454. The van der Waals surface area contributed by atoms with Gasteiger partial charge in [-0.25, -0.2) is 4.39 Å². The summed E-state index contributed by atoms with van der Waals surface area (Å²) in [4.78, 5) is 12.1. The minimum Gasteiger partial charge on any atom is -0.370 e. The number of terminal acetylenes is 1. The molecule has 0 aliphatic carbocycles. The van der Waals surface area contributed by atoms with Crippen molar-refractivity contribution in [1.82, 2.24) is 5.32 Å². The third kappa shape index (κ3) is 4.21. The Hall–Kier alpha value is -3.06. The summed E-state index contributed by atoms with van der Waals surface area (Å²) in [7, 11) is 0. The van der Waals surface area contributed by atoms with Gasteiger partial charge in [0.25, 0.3) is 0 Å². The molecule has 3 nitrogen and oxygen atoms in total. The molecular formula is C19H17FN2O. The minimum atomic E-state index is -0.483. The Morgan fingerprint density at radius 3 is 2.65 bits per heavy atom. The number of halogens is 1. The van der Waals surface area contributed by atoms with Gasteiger partial charge in [0.2, 0.25) is 5.91 Å². The van der Waals surface area contributed by atoms with E-state index in [-0.39, 0.29) is 11.7 Å². The number of hydrogen-bond donors (Lipinski definition) is 2. The lowest BCUT2D eigenvalue weighted by Gasteiger charge is -2.21. The van der Waals surface area contributed by atoms with Crippen LogP contribution in [0.3, 0.4) is 0 Å². The second-order valence-electron chi connectivity index (χ2n) is 4.92. The molecule has 1 amide bonds. The van der Waals surface area contributed by atoms with Gasteiger partial charge in [-0.15, -0.1) is 12.8 Å². The van der Waals surface area contributed by atoms with E-state index in [4.69, 9.17) is 0 Å². The first-order chi connectivity index (χ1) is 11.2. The molecule has 0 aromatic heterocycles. The Morgan fingerprint density at radius 1 is 1.17 bits per heavy atom. The molecule has 4 heteroatoms. The molecule has 2 aromatic rings. The van der Waals surface area contributed by atoms with Crippen LogP contribution >= 0.6 is 0 Å². The summed E-state index contributed by atoms with van der Waals surface area (Å²) in [6, 6.07) is 13.7. The molecule has 1 aliphatic rings. The molecule has 116 valence electrons. The van der Waals surface area contributed by atoms with E-state index in [1.54, 1.807) is 12.1 Å². The van der Waals surface area contributed by atoms with E-state index < -0.39 is 6.04 Å². The fourth-order valence-electron chi connectivity index (χ4n) is 2.26. The number of anilines is 1. The van der Waals surface area contributed by atoms with Gasteiger partial charge in [0.1, 0.15) is 11.9 Å². The third-order valence-electron chi connectivity index (χ3n) is 3.39. The fraction of sp³-hybridized carbons (Fsp3) is 0.105. The smallest absolute Gasteiger partial charge is 0.246 e. The monoisotopic (exact) mass is 308 g/mol. The molecule has 0 radical (unpaired) electrons. The van der Waals surface area contributed by atoms with Crippen LogP contribution in [0.2, 0.25) is 0 Å². The Kier molecular flexibility index (Phi) is 5.54. The van der Waals surface area contributed by atoms with Crippen LogP contribution in [0.4, 0.5) is 10.1 Å². The van der Waals surface area contributed by atoms with E-state index in [2.05, 4.69) is 23.5 Å². The number of rotatable bonds is 3. The molecule has 0 saturated heterocycles. The van der Waals surface area contributed by atoms with E-state index in [0.29, 0.717) is 12.2 Å². The summed E-state index contributed by atoms with van der Waals surface area (Å²) < 4.78 is 13.2. The van der Waals surface area contributed by atoms with Crippen LogP contribution in [-0.4, -0.2) is 11.9 Å². The molecule has 1 heterocycles. The summed E-state index contributed by atoms with van der Waals surface area (Å²) in [6.07, 6.45) is 11.6. The van der Waals surface area contributed by atoms with Crippen LogP contribution in [-0.2, 0) is 11.3 Å². The highest BCUT2D eigenvalue weighted by molar-refractivity contribution is 5.90. The number of benzene rings is 2. The first kappa shape index (κ1) is 16.3. The fourth-order valence-corrected chi connectivity index (χ4v) is 2.26. The van der Waals surface area contributed by atoms with Gasteiger partial charge in [0.05, 0.1) is 0 Å². The van der Waals surface area contributed by atoms with Crippen molar-refractivity contribution in [2.24, 2.45) is 0 Å². The largest absolute Gasteiger partial charge is 0.370 e. The number of carbonyl (C=O) groups is 1. The molecule has 0 bridgehead atoms. The Morgan fingerprint density at radius 2 is 1.91 bits per heavy atom. The average Bonchev–Trinajstić information content (AvgIpc) is 2.61. The zero-order valence-corrected chi connectivity index (χ0v) is 12.5. The van der Waals surface area contributed by atoms with Crippen LogP contribution < -0.4 is 10.6 Å². The number of nitrogens with one attached hydrogen (secondary N) is 2. The third-order valence-corrected chi connectivity index (χ3v) is 3.39. The molecule has 0 saturated carbocycles. The van der Waals surface area contributed by atoms with Gasteiger partial charge >= 0.3 is 0 Å². The van der Waals surface area contributed by atoms with Crippen molar-refractivity contribution in [2.75, 3.05) is 5.32 Å². The molecule has 3 rings (SSSR count). The van der Waals surface area contributed by atoms with Crippen molar-refractivity contribution < 1.29 is 9.18 Å². The van der Waals surface area contributed by atoms with Gasteiger partial charge in [0, 0.05) is 12.2 Å². The van der Waals surface area contributed by atoms with E-state index in [9.17, 15) is 9.18 Å². The summed E-state index contributed by atoms with van der Waals surface area (Å²) in [5, 5.41) is 5.90. The van der Waals surface area contributed by atoms with Gasteiger partial charge in [-0.2, -0.15) is 0 Å². The van der Waals surface area contributed by atoms with Crippen molar-refractivity contribution in [1.29, 1.82) is 0 Å². The van der Waals surface area contributed by atoms with Crippen LogP contribution in [0.5, 0.6) is 0 Å². The quantitative estimate of drug-likeness (QED) is 0.855. The summed E-state index contributed by atoms with van der Waals surface area (Å²) in [5.41, 5.74) is 2.55. The van der Waals surface area contributed by atoms with E-state index in [0.717, 1.165) is 11.1 Å². The van der Waals surface area contributed by atoms with E-state index >= 15 is 0 Å². The highest BCUT2D eigenvalue weighted by Gasteiger charge is 2.19. The van der Waals surface area contributed by atoms with Crippen LogP contribution in [0, 0.1) is 18.7 Å². The Balaban J connectivity index is 0.000000924. The molecule has 2 aromatic carbocycles. The number of amides is 1. The lowest BCUT2D eigenvalue weighted by atomic mass is 10.0. The normalized spacial score (nSPS) is 14.7. The van der Waals surface area contributed by atoms with Crippen molar-refractivity contribution in [3.63, 3.8) is 0 Å². The summed E-state index contributed by atoms with van der Waals surface area (Å²) in [6.45, 7) is 0.474. The molecule has 0 fully saturated rings. The lowest BCUT2D eigenvalue weighted by molar-refractivity contribution is -0.121. The molecule has 2 N–H and O–H groups in total. The standard InChI is InChI=1S/C17H15FN2O.C2H2/c18-14-8-6-13-7-9-15(20-16(13)10-14)17(21)19-11-12-4-2-1-3-5-12;1-2/h1-10,15,20H,11H2,(H,19,21);1-2H. The summed E-state index contributed by atoms with van der Waals surface area (Å²) >= 11 is 0. The predicted octanol–water partition coefficient (Wildman–Crippen LogP) is 3.20. The van der Waals surface area contributed by atoms with Gasteiger partial charge in [0.15, 0.2) is 0 Å². The SMILES string of the molecule is C#C.O=C(NCc1ccccc1)C1C=Cc2ccc(F)cc2N1. The average molecular weight is 308 g/mol. The number of carbonyl (C=O) groups excluding carboxylic acids is 1. The first-order valence-corrected chi connectivity index (χ1v) is 7.11. The molecule has 1 atom stereocenters. The van der Waals surface area contributed by atoms with Crippen molar-refractivity contribution >= 4 is 17.7 Å². The maximum atomic E-state index is 13.2. The second-order valence-corrected chi connectivity index (χ2v) is 4.92. The van der Waals surface area contributed by atoms with Crippen molar-refractivity contribution in [2.45, 2.75) is 12.6 Å². The van der Waals surface area contributed by atoms with Gasteiger partial charge in [-0.3, -0.25) is 4.79 Å². The highest BCUT2D eigenvalue weighted by atomic mass is 19.1. The Labute approximate surface area is 135 Å². The molecule has 0 spiro atoms. The minimum absolute atomic E-state index is 0.134. The predicted molar refractivity (Wildman–Crippen MR) is 91.0 cm³/mol. The molecule has 1 aliphatic heterocycles. The van der Waals surface area contributed by atoms with Crippen LogP contribution in [0.15, 0.2) is 54.6 Å². The maximum Gasteiger partial charge on any atom is 0.246 e. The Bertz CT molecular complexity index is 723. The van der Waals surface area contributed by atoms with E-state index in [1.807, 2.05) is 36.4 Å². The van der Waals surface area contributed by atoms with Crippen molar-refractivity contribution in [3.05, 3.63) is 71.6 Å². The van der Waals surface area contributed by atoms with Gasteiger partial charge in [-0.05, 0) is 23.3 Å². The highest BCUT2D eigenvalue weighted by Crippen LogP contribution is 2.23. The number of hydrogen-bond acceptors (Lipinski definition) is 2.